The van der Waals surface area contributed by atoms with Crippen molar-refractivity contribution >= 4 is 38.9 Å². The predicted molar refractivity (Wildman–Crippen MR) is 237 cm³/mol. The molecule has 0 saturated heterocycles. The maximum absolute atomic E-state index is 8.84. The van der Waals surface area contributed by atoms with Crippen LogP contribution in [0.1, 0.15) is 84.5 Å². The largest absolute Gasteiger partial charge is 0.310 e. The zero-order valence-corrected chi connectivity index (χ0v) is 33.2. The summed E-state index contributed by atoms with van der Waals surface area (Å²) in [5.41, 5.74) is 11.4. The quantitative estimate of drug-likeness (QED) is 0.159. The Hall–Kier alpha value is -5.86. The first-order valence-electron chi connectivity index (χ1n) is 21.7. The normalized spacial score (nSPS) is 13.6. The van der Waals surface area contributed by atoms with Gasteiger partial charge in [-0.3, -0.25) is 0 Å². The minimum absolute atomic E-state index is 0.00401. The molecule has 0 fully saturated rings. The van der Waals surface area contributed by atoms with E-state index in [1.807, 2.05) is 24.3 Å². The van der Waals surface area contributed by atoms with E-state index in [1.165, 1.54) is 22.3 Å². The van der Waals surface area contributed by atoms with Gasteiger partial charge in [0.25, 0.3) is 0 Å². The molecule has 0 aliphatic rings. The molecule has 1 aromatic heterocycles. The van der Waals surface area contributed by atoms with E-state index in [4.69, 9.17) is 6.85 Å². The molecule has 274 valence electrons. The molecular formula is C53H52N2. The molecule has 0 N–H and O–H groups in total. The Labute approximate surface area is 334 Å². The van der Waals surface area contributed by atoms with Crippen LogP contribution in [0.25, 0.3) is 38.6 Å². The van der Waals surface area contributed by atoms with Gasteiger partial charge in [0.15, 0.2) is 0 Å². The van der Waals surface area contributed by atoms with E-state index in [2.05, 4.69) is 180 Å². The van der Waals surface area contributed by atoms with Gasteiger partial charge in [-0.2, -0.15) is 0 Å². The van der Waals surface area contributed by atoms with Crippen molar-refractivity contribution < 1.29 is 6.85 Å². The van der Waals surface area contributed by atoms with Crippen LogP contribution in [0.2, 0.25) is 0 Å². The molecule has 1 heterocycles. The number of aromatic nitrogens is 1. The maximum Gasteiger partial charge on any atom is 0.0629 e. The summed E-state index contributed by atoms with van der Waals surface area (Å²) in [5.74, 6) is 0. The van der Waals surface area contributed by atoms with Crippen LogP contribution in [0.3, 0.4) is 0 Å². The Morgan fingerprint density at radius 1 is 0.436 bits per heavy atom. The zero-order valence-electron chi connectivity index (χ0n) is 38.2. The molecule has 0 radical (unpaired) electrons. The number of fused-ring (bicyclic) bond motifs is 3. The van der Waals surface area contributed by atoms with Crippen molar-refractivity contribution in [1.29, 1.82) is 0 Å². The van der Waals surface area contributed by atoms with E-state index in [1.54, 1.807) is 0 Å². The van der Waals surface area contributed by atoms with E-state index >= 15 is 0 Å². The van der Waals surface area contributed by atoms with Crippen molar-refractivity contribution in [2.75, 3.05) is 4.90 Å². The highest BCUT2D eigenvalue weighted by Gasteiger charge is 2.25. The molecular weight excluding hydrogens is 665 g/mol. The fourth-order valence-electron chi connectivity index (χ4n) is 7.70. The first kappa shape index (κ1) is 30.5. The predicted octanol–water partition coefficient (Wildman–Crippen LogP) is 14.8. The van der Waals surface area contributed by atoms with Crippen molar-refractivity contribution in [1.82, 2.24) is 4.57 Å². The average molecular weight is 722 g/mol. The van der Waals surface area contributed by atoms with Crippen LogP contribution >= 0.6 is 0 Å². The average Bonchev–Trinajstić information content (AvgIpc) is 3.55. The molecule has 0 saturated carbocycles. The second-order valence-electron chi connectivity index (χ2n) is 17.2. The molecule has 8 rings (SSSR count). The first-order chi connectivity index (χ1) is 28.4. The lowest BCUT2D eigenvalue weighted by atomic mass is 9.78. The van der Waals surface area contributed by atoms with Crippen LogP contribution in [0.4, 0.5) is 17.1 Å². The number of anilines is 3. The number of nitrogens with zero attached hydrogens (tertiary/aromatic N) is 2. The van der Waals surface area contributed by atoms with Gasteiger partial charge >= 0.3 is 0 Å². The Morgan fingerprint density at radius 2 is 0.964 bits per heavy atom. The number of benzene rings is 7. The molecule has 8 aromatic rings. The molecule has 7 aromatic carbocycles. The fourth-order valence-corrected chi connectivity index (χ4v) is 7.70. The summed E-state index contributed by atoms with van der Waals surface area (Å²) < 4.78 is 45.1. The number of hydrogen-bond donors (Lipinski definition) is 0. The Balaban J connectivity index is 1.39. The summed E-state index contributed by atoms with van der Waals surface area (Å²) in [7, 11) is 0. The van der Waals surface area contributed by atoms with Crippen molar-refractivity contribution in [3.05, 3.63) is 192 Å². The SMILES string of the molecule is [2H]c1c([2H])c([2H])c(-c2ccc3c(c2)c2cc(N(c4ccc(C(C)(C)C)cc4)c4ccc(C(C)(C)C)cc4)ccc2n3-c2cccc(C(C)(C)c3ccccc3)c2)c([2H])c1[2H]. The van der Waals surface area contributed by atoms with E-state index in [0.29, 0.717) is 5.56 Å². The summed E-state index contributed by atoms with van der Waals surface area (Å²) in [6, 6.07) is 47.9. The van der Waals surface area contributed by atoms with Crippen molar-refractivity contribution in [3.8, 4) is 16.8 Å². The van der Waals surface area contributed by atoms with Gasteiger partial charge in [-0.05, 0) is 111 Å². The third-order valence-corrected chi connectivity index (χ3v) is 11.1. The highest BCUT2D eigenvalue weighted by molar-refractivity contribution is 6.12. The molecule has 55 heavy (non-hydrogen) atoms. The summed E-state index contributed by atoms with van der Waals surface area (Å²) in [5, 5.41) is 1.89. The lowest BCUT2D eigenvalue weighted by Gasteiger charge is -2.28. The van der Waals surface area contributed by atoms with Gasteiger partial charge in [0.2, 0.25) is 0 Å². The number of hydrogen-bond acceptors (Lipinski definition) is 1. The first-order valence-corrected chi connectivity index (χ1v) is 19.2. The summed E-state index contributed by atoms with van der Waals surface area (Å²) in [4.78, 5) is 2.30. The topological polar surface area (TPSA) is 8.17 Å². The van der Waals surface area contributed by atoms with Gasteiger partial charge < -0.3 is 9.47 Å². The molecule has 0 aliphatic heterocycles. The minimum Gasteiger partial charge on any atom is -0.310 e. The Bertz CT molecular complexity index is 2810. The Kier molecular flexibility index (Phi) is 7.63. The molecule has 0 aliphatic carbocycles. The van der Waals surface area contributed by atoms with Crippen molar-refractivity contribution in [2.45, 2.75) is 71.6 Å². The molecule has 0 unspecified atom stereocenters. The fraction of sp³-hybridized carbons (Fsp3) is 0.208. The van der Waals surface area contributed by atoms with Crippen LogP contribution in [-0.2, 0) is 16.2 Å². The van der Waals surface area contributed by atoms with E-state index in [9.17, 15) is 0 Å². The second kappa shape index (κ2) is 13.8. The highest BCUT2D eigenvalue weighted by atomic mass is 15.1. The van der Waals surface area contributed by atoms with E-state index < -0.39 is 6.04 Å². The van der Waals surface area contributed by atoms with Crippen molar-refractivity contribution in [2.24, 2.45) is 0 Å². The second-order valence-corrected chi connectivity index (χ2v) is 17.2. The summed E-state index contributed by atoms with van der Waals surface area (Å²) >= 11 is 0. The Morgan fingerprint density at radius 3 is 1.55 bits per heavy atom. The van der Waals surface area contributed by atoms with Gasteiger partial charge in [-0.25, -0.2) is 0 Å². The van der Waals surface area contributed by atoms with Crippen LogP contribution in [0.5, 0.6) is 0 Å². The lowest BCUT2D eigenvalue weighted by molar-refractivity contribution is 0.590. The highest BCUT2D eigenvalue weighted by Crippen LogP contribution is 2.42. The molecule has 0 atom stereocenters. The smallest absolute Gasteiger partial charge is 0.0629 e. The van der Waals surface area contributed by atoms with Gasteiger partial charge in [-0.1, -0.05) is 158 Å². The summed E-state index contributed by atoms with van der Waals surface area (Å²) in [6.07, 6.45) is 0. The van der Waals surface area contributed by atoms with Gasteiger partial charge in [-0.15, -0.1) is 0 Å². The van der Waals surface area contributed by atoms with Crippen LogP contribution in [0.15, 0.2) is 170 Å². The zero-order chi connectivity index (χ0) is 42.9. The van der Waals surface area contributed by atoms with Gasteiger partial charge in [0, 0.05) is 38.9 Å². The number of rotatable bonds is 7. The molecule has 2 heteroatoms. The monoisotopic (exact) mass is 721 g/mol. The van der Waals surface area contributed by atoms with Crippen molar-refractivity contribution in [3.63, 3.8) is 0 Å². The minimum atomic E-state index is -0.402. The standard InChI is InChI=1S/C53H52N2/c1-51(2,3)39-23-27-43(28-24-39)54(44-29-25-40(26-30-44)52(4,5)6)46-31-33-50-48(36-46)47-34-38(37-16-11-9-12-17-37)22-32-49(47)55(50)45-21-15-20-42(35-45)53(7,8)41-18-13-10-14-19-41/h9-36H,1-8H3/i9D,11D,12D,16D,17D. The van der Waals surface area contributed by atoms with Crippen LogP contribution < -0.4 is 4.90 Å². The molecule has 2 nitrogen and oxygen atoms in total. The van der Waals surface area contributed by atoms with Crippen LogP contribution in [0, 0.1) is 0 Å². The summed E-state index contributed by atoms with van der Waals surface area (Å²) in [6.45, 7) is 17.9. The third kappa shape index (κ3) is 6.87. The van der Waals surface area contributed by atoms with E-state index in [0.717, 1.165) is 44.6 Å². The molecule has 0 spiro atoms. The van der Waals surface area contributed by atoms with Crippen LogP contribution in [-0.4, -0.2) is 4.57 Å². The van der Waals surface area contributed by atoms with E-state index in [-0.39, 0.29) is 46.0 Å². The molecule has 0 amide bonds. The molecule has 0 bridgehead atoms. The lowest BCUT2D eigenvalue weighted by Crippen LogP contribution is -2.19. The maximum atomic E-state index is 8.84. The third-order valence-electron chi connectivity index (χ3n) is 11.1. The van der Waals surface area contributed by atoms with Gasteiger partial charge in [0.05, 0.1) is 17.9 Å². The van der Waals surface area contributed by atoms with Gasteiger partial charge in [0.1, 0.15) is 0 Å².